The van der Waals surface area contributed by atoms with Gasteiger partial charge in [0, 0.05) is 27.6 Å². The number of hydrogen-bond donors (Lipinski definition) is 1. The number of hydrogen-bond acceptors (Lipinski definition) is 3. The average Bonchev–Trinajstić information content (AvgIpc) is 2.70. The summed E-state index contributed by atoms with van der Waals surface area (Å²) in [5.41, 5.74) is 3.17. The molecule has 6 heteroatoms. The molecule has 0 saturated heterocycles. The highest BCUT2D eigenvalue weighted by Crippen LogP contribution is 2.34. The van der Waals surface area contributed by atoms with Crippen molar-refractivity contribution in [3.05, 3.63) is 91.9 Å². The van der Waals surface area contributed by atoms with Gasteiger partial charge >= 0.3 is 0 Å². The Morgan fingerprint density at radius 2 is 1.61 bits per heavy atom. The quantitative estimate of drug-likeness (QED) is 0.392. The molecule has 146 valence electrons. The van der Waals surface area contributed by atoms with Crippen molar-refractivity contribution in [3.8, 4) is 11.5 Å². The Labute approximate surface area is 183 Å². The van der Waals surface area contributed by atoms with E-state index in [-0.39, 0.29) is 0 Å². The molecule has 0 radical (unpaired) electrons. The molecule has 3 aromatic rings. The second-order valence-corrected chi connectivity index (χ2v) is 7.90. The second kappa shape index (κ2) is 10.2. The largest absolute Gasteiger partial charge is 0.493 e. The van der Waals surface area contributed by atoms with E-state index < -0.39 is 0 Å². The van der Waals surface area contributed by atoms with Crippen LogP contribution in [-0.2, 0) is 19.7 Å². The van der Waals surface area contributed by atoms with Crippen molar-refractivity contribution in [2.75, 3.05) is 7.11 Å². The highest BCUT2D eigenvalue weighted by molar-refractivity contribution is 9.10. The van der Waals surface area contributed by atoms with E-state index in [1.807, 2.05) is 60.7 Å². The monoisotopic (exact) mass is 479 g/mol. The van der Waals surface area contributed by atoms with Crippen LogP contribution in [0.15, 0.2) is 65.1 Å². The Balaban J connectivity index is 1.65. The van der Waals surface area contributed by atoms with E-state index in [0.29, 0.717) is 36.2 Å². The van der Waals surface area contributed by atoms with Crippen molar-refractivity contribution >= 4 is 39.1 Å². The van der Waals surface area contributed by atoms with Gasteiger partial charge in [-0.05, 0) is 47.0 Å². The molecule has 28 heavy (non-hydrogen) atoms. The van der Waals surface area contributed by atoms with E-state index in [0.717, 1.165) is 26.2 Å². The third kappa shape index (κ3) is 5.65. The molecule has 0 atom stereocenters. The van der Waals surface area contributed by atoms with E-state index >= 15 is 0 Å². The Hall–Kier alpha value is -1.72. The van der Waals surface area contributed by atoms with Crippen LogP contribution in [0.4, 0.5) is 0 Å². The lowest BCUT2D eigenvalue weighted by Crippen LogP contribution is -2.13. The van der Waals surface area contributed by atoms with Gasteiger partial charge < -0.3 is 14.8 Å². The van der Waals surface area contributed by atoms with E-state index in [4.69, 9.17) is 32.7 Å². The van der Waals surface area contributed by atoms with Crippen LogP contribution in [0.1, 0.15) is 16.7 Å². The van der Waals surface area contributed by atoms with E-state index in [1.54, 1.807) is 7.11 Å². The van der Waals surface area contributed by atoms with Gasteiger partial charge in [-0.1, -0.05) is 69.5 Å². The maximum absolute atomic E-state index is 6.21. The highest BCUT2D eigenvalue weighted by atomic mass is 79.9. The number of rotatable bonds is 8. The summed E-state index contributed by atoms with van der Waals surface area (Å²) in [6, 6.07) is 19.3. The van der Waals surface area contributed by atoms with Crippen molar-refractivity contribution in [2.45, 2.75) is 19.7 Å². The molecule has 0 aliphatic carbocycles. The van der Waals surface area contributed by atoms with Crippen LogP contribution in [0.25, 0.3) is 0 Å². The Kier molecular flexibility index (Phi) is 7.63. The lowest BCUT2D eigenvalue weighted by atomic mass is 10.1. The fourth-order valence-electron chi connectivity index (χ4n) is 2.70. The zero-order valence-electron chi connectivity index (χ0n) is 15.3. The van der Waals surface area contributed by atoms with Gasteiger partial charge in [0.25, 0.3) is 0 Å². The van der Waals surface area contributed by atoms with Crippen molar-refractivity contribution in [1.29, 1.82) is 0 Å². The molecule has 1 N–H and O–H groups in total. The van der Waals surface area contributed by atoms with Gasteiger partial charge in [-0.15, -0.1) is 0 Å². The number of benzene rings is 3. The minimum atomic E-state index is 0.435. The summed E-state index contributed by atoms with van der Waals surface area (Å²) in [5, 5.41) is 4.88. The molecular formula is C22H20BrCl2NO2. The molecule has 0 bridgehead atoms. The lowest BCUT2D eigenvalue weighted by Gasteiger charge is -2.15. The van der Waals surface area contributed by atoms with Gasteiger partial charge in [-0.2, -0.15) is 0 Å². The van der Waals surface area contributed by atoms with Gasteiger partial charge in [0.2, 0.25) is 0 Å². The molecule has 0 amide bonds. The fourth-order valence-corrected chi connectivity index (χ4v) is 3.49. The molecular weight excluding hydrogens is 461 g/mol. The molecule has 3 nitrogen and oxygen atoms in total. The summed E-state index contributed by atoms with van der Waals surface area (Å²) < 4.78 is 12.4. The predicted molar refractivity (Wildman–Crippen MR) is 118 cm³/mol. The molecule has 0 aliphatic heterocycles. The van der Waals surface area contributed by atoms with Crippen LogP contribution in [0.2, 0.25) is 10.0 Å². The van der Waals surface area contributed by atoms with Gasteiger partial charge in [-0.3, -0.25) is 0 Å². The van der Waals surface area contributed by atoms with Gasteiger partial charge in [0.1, 0.15) is 6.61 Å². The van der Waals surface area contributed by atoms with Crippen LogP contribution >= 0.6 is 39.1 Å². The van der Waals surface area contributed by atoms with Crippen LogP contribution in [0, 0.1) is 0 Å². The number of halogens is 3. The summed E-state index contributed by atoms with van der Waals surface area (Å²) in [7, 11) is 1.64. The zero-order valence-corrected chi connectivity index (χ0v) is 18.4. The van der Waals surface area contributed by atoms with E-state index in [1.165, 1.54) is 0 Å². The van der Waals surface area contributed by atoms with Crippen molar-refractivity contribution in [3.63, 3.8) is 0 Å². The third-order valence-electron chi connectivity index (χ3n) is 4.23. The summed E-state index contributed by atoms with van der Waals surface area (Å²) in [4.78, 5) is 0. The standard InChI is InChI=1S/C22H20BrCl2NO2/c1-27-21-10-17(13-26-12-16-4-2-3-5-20(16)25)19(23)11-22(21)28-14-15-6-8-18(24)9-7-15/h2-11,26H,12-14H2,1H3. The summed E-state index contributed by atoms with van der Waals surface area (Å²) in [5.74, 6) is 1.37. The van der Waals surface area contributed by atoms with Gasteiger partial charge in [0.05, 0.1) is 7.11 Å². The second-order valence-electron chi connectivity index (χ2n) is 6.20. The topological polar surface area (TPSA) is 30.5 Å². The first-order valence-corrected chi connectivity index (χ1v) is 10.3. The number of methoxy groups -OCH3 is 1. The normalized spacial score (nSPS) is 10.7. The first-order chi connectivity index (χ1) is 13.6. The van der Waals surface area contributed by atoms with Gasteiger partial charge in [-0.25, -0.2) is 0 Å². The fraction of sp³-hybridized carbons (Fsp3) is 0.182. The smallest absolute Gasteiger partial charge is 0.162 e. The Morgan fingerprint density at radius 3 is 2.32 bits per heavy atom. The minimum absolute atomic E-state index is 0.435. The van der Waals surface area contributed by atoms with Crippen molar-refractivity contribution in [2.24, 2.45) is 0 Å². The molecule has 0 unspecified atom stereocenters. The lowest BCUT2D eigenvalue weighted by molar-refractivity contribution is 0.284. The minimum Gasteiger partial charge on any atom is -0.493 e. The summed E-state index contributed by atoms with van der Waals surface area (Å²) >= 11 is 15.8. The Morgan fingerprint density at radius 1 is 0.893 bits per heavy atom. The molecule has 0 fully saturated rings. The van der Waals surface area contributed by atoms with E-state index in [2.05, 4.69) is 21.2 Å². The van der Waals surface area contributed by atoms with Crippen molar-refractivity contribution < 1.29 is 9.47 Å². The van der Waals surface area contributed by atoms with Crippen LogP contribution in [0.3, 0.4) is 0 Å². The molecule has 0 aliphatic rings. The van der Waals surface area contributed by atoms with Gasteiger partial charge in [0.15, 0.2) is 11.5 Å². The highest BCUT2D eigenvalue weighted by Gasteiger charge is 2.11. The molecule has 0 saturated carbocycles. The number of nitrogens with one attached hydrogen (secondary N) is 1. The molecule has 0 aromatic heterocycles. The first-order valence-electron chi connectivity index (χ1n) is 8.74. The zero-order chi connectivity index (χ0) is 19.9. The third-order valence-corrected chi connectivity index (χ3v) is 5.59. The molecule has 0 spiro atoms. The molecule has 3 aromatic carbocycles. The molecule has 3 rings (SSSR count). The first kappa shape index (κ1) is 21.0. The SMILES string of the molecule is COc1cc(CNCc2ccccc2Cl)c(Br)cc1OCc1ccc(Cl)cc1. The van der Waals surface area contributed by atoms with Crippen LogP contribution in [0.5, 0.6) is 11.5 Å². The van der Waals surface area contributed by atoms with Crippen molar-refractivity contribution in [1.82, 2.24) is 5.32 Å². The van der Waals surface area contributed by atoms with E-state index in [9.17, 15) is 0 Å². The summed E-state index contributed by atoms with van der Waals surface area (Å²) in [6.07, 6.45) is 0. The number of ether oxygens (including phenoxy) is 2. The predicted octanol–water partition coefficient (Wildman–Crippen LogP) is 6.63. The molecule has 0 heterocycles. The van der Waals surface area contributed by atoms with Crippen LogP contribution in [-0.4, -0.2) is 7.11 Å². The Bertz CT molecular complexity index is 932. The maximum atomic E-state index is 6.21. The average molecular weight is 481 g/mol. The maximum Gasteiger partial charge on any atom is 0.162 e. The summed E-state index contributed by atoms with van der Waals surface area (Å²) in [6.45, 7) is 1.78. The van der Waals surface area contributed by atoms with Crippen LogP contribution < -0.4 is 14.8 Å².